The highest BCUT2D eigenvalue weighted by Crippen LogP contribution is 2.11. The minimum Gasteiger partial charge on any atom is -0.378 e. The number of nitrogens with one attached hydrogen (secondary N) is 1. The van der Waals surface area contributed by atoms with Crippen molar-refractivity contribution in [1.82, 2.24) is 14.3 Å². The van der Waals surface area contributed by atoms with E-state index in [0.29, 0.717) is 37.3 Å². The lowest BCUT2D eigenvalue weighted by Gasteiger charge is -2.26. The number of nitrogens with zero attached hydrogens (tertiary/aromatic N) is 3. The van der Waals surface area contributed by atoms with Crippen molar-refractivity contribution in [1.29, 1.82) is 0 Å². The number of morpholine rings is 1. The smallest absolute Gasteiger partial charge is 0.323 e. The Labute approximate surface area is 91.4 Å². The molecule has 15 heavy (non-hydrogen) atoms. The molecule has 0 spiro atoms. The van der Waals surface area contributed by atoms with Gasteiger partial charge in [-0.2, -0.15) is 4.37 Å². The molecule has 82 valence electrons. The van der Waals surface area contributed by atoms with Crippen molar-refractivity contribution in [2.24, 2.45) is 0 Å². The summed E-state index contributed by atoms with van der Waals surface area (Å²) in [4.78, 5) is 17.4. The lowest BCUT2D eigenvalue weighted by Crippen LogP contribution is -2.43. The van der Waals surface area contributed by atoms with Crippen LogP contribution in [0.3, 0.4) is 0 Å². The number of anilines is 1. The Morgan fingerprint density at radius 3 is 2.87 bits per heavy atom. The molecular formula is C8H12N4O2S. The van der Waals surface area contributed by atoms with E-state index in [0.717, 1.165) is 0 Å². The summed E-state index contributed by atoms with van der Waals surface area (Å²) in [6, 6.07) is -0.130. The van der Waals surface area contributed by atoms with Crippen molar-refractivity contribution < 1.29 is 9.53 Å². The third-order valence-electron chi connectivity index (χ3n) is 2.04. The summed E-state index contributed by atoms with van der Waals surface area (Å²) >= 11 is 1.19. The highest BCUT2D eigenvalue weighted by Gasteiger charge is 2.17. The van der Waals surface area contributed by atoms with Crippen molar-refractivity contribution in [3.63, 3.8) is 0 Å². The molecule has 1 aliphatic rings. The molecule has 0 saturated carbocycles. The van der Waals surface area contributed by atoms with Gasteiger partial charge in [-0.1, -0.05) is 0 Å². The molecule has 0 aliphatic carbocycles. The third-order valence-corrected chi connectivity index (χ3v) is 2.76. The zero-order valence-electron chi connectivity index (χ0n) is 8.39. The molecule has 7 heteroatoms. The zero-order valence-corrected chi connectivity index (χ0v) is 9.21. The average molecular weight is 228 g/mol. The molecule has 1 fully saturated rings. The molecule has 0 aromatic carbocycles. The normalized spacial score (nSPS) is 16.5. The highest BCUT2D eigenvalue weighted by molar-refractivity contribution is 7.09. The highest BCUT2D eigenvalue weighted by atomic mass is 32.1. The minimum absolute atomic E-state index is 0.130. The van der Waals surface area contributed by atoms with Crippen molar-refractivity contribution in [2.75, 3.05) is 31.6 Å². The number of amides is 2. The lowest BCUT2D eigenvalue weighted by atomic mass is 10.4. The van der Waals surface area contributed by atoms with Crippen LogP contribution >= 0.6 is 11.5 Å². The molecule has 2 rings (SSSR count). The first-order valence-corrected chi connectivity index (χ1v) is 5.47. The molecule has 6 nitrogen and oxygen atoms in total. The van der Waals surface area contributed by atoms with Gasteiger partial charge in [-0.05, 0) is 6.92 Å². The van der Waals surface area contributed by atoms with Crippen LogP contribution in [0, 0.1) is 6.92 Å². The molecular weight excluding hydrogens is 216 g/mol. The van der Waals surface area contributed by atoms with Gasteiger partial charge in [0.2, 0.25) is 5.13 Å². The summed E-state index contributed by atoms with van der Waals surface area (Å²) < 4.78 is 9.14. The van der Waals surface area contributed by atoms with Crippen LogP contribution in [0.25, 0.3) is 0 Å². The van der Waals surface area contributed by atoms with E-state index in [9.17, 15) is 4.79 Å². The summed E-state index contributed by atoms with van der Waals surface area (Å²) in [7, 11) is 0. The van der Waals surface area contributed by atoms with Crippen molar-refractivity contribution >= 4 is 22.7 Å². The Bertz CT molecular complexity index is 348. The van der Waals surface area contributed by atoms with E-state index in [4.69, 9.17) is 4.74 Å². The van der Waals surface area contributed by atoms with E-state index in [1.807, 2.05) is 0 Å². The van der Waals surface area contributed by atoms with Gasteiger partial charge in [-0.25, -0.2) is 9.78 Å². The molecule has 0 unspecified atom stereocenters. The summed E-state index contributed by atoms with van der Waals surface area (Å²) in [5.74, 6) is 0.678. The number of aryl methyl sites for hydroxylation is 1. The fourth-order valence-corrected chi connectivity index (χ4v) is 1.85. The van der Waals surface area contributed by atoms with Crippen molar-refractivity contribution in [3.8, 4) is 0 Å². The molecule has 2 heterocycles. The van der Waals surface area contributed by atoms with E-state index in [1.165, 1.54) is 11.5 Å². The topological polar surface area (TPSA) is 67.4 Å². The number of hydrogen-bond acceptors (Lipinski definition) is 5. The van der Waals surface area contributed by atoms with Gasteiger partial charge in [-0.3, -0.25) is 5.32 Å². The summed E-state index contributed by atoms with van der Waals surface area (Å²) in [6.07, 6.45) is 0. The number of carbonyl (C=O) groups is 1. The van der Waals surface area contributed by atoms with Crippen LogP contribution in [0.4, 0.5) is 9.93 Å². The Morgan fingerprint density at radius 1 is 1.53 bits per heavy atom. The van der Waals surface area contributed by atoms with E-state index in [2.05, 4.69) is 14.7 Å². The first-order chi connectivity index (χ1) is 7.25. The molecule has 0 bridgehead atoms. The van der Waals surface area contributed by atoms with Gasteiger partial charge < -0.3 is 9.64 Å². The maximum absolute atomic E-state index is 11.7. The van der Waals surface area contributed by atoms with Crippen LogP contribution < -0.4 is 5.32 Å². The second-order valence-corrected chi connectivity index (χ2v) is 3.93. The van der Waals surface area contributed by atoms with Gasteiger partial charge in [0.05, 0.1) is 13.2 Å². The largest absolute Gasteiger partial charge is 0.378 e. The quantitative estimate of drug-likeness (QED) is 0.768. The summed E-state index contributed by atoms with van der Waals surface area (Å²) in [5.41, 5.74) is 0. The predicted molar refractivity (Wildman–Crippen MR) is 56.1 cm³/mol. The van der Waals surface area contributed by atoms with Crippen LogP contribution in [0.15, 0.2) is 0 Å². The fraction of sp³-hybridized carbons (Fsp3) is 0.625. The Morgan fingerprint density at radius 2 is 2.27 bits per heavy atom. The van der Waals surface area contributed by atoms with Crippen LogP contribution in [-0.4, -0.2) is 46.6 Å². The number of rotatable bonds is 1. The molecule has 1 aromatic rings. The van der Waals surface area contributed by atoms with Crippen molar-refractivity contribution in [2.45, 2.75) is 6.92 Å². The van der Waals surface area contributed by atoms with E-state index >= 15 is 0 Å². The van der Waals surface area contributed by atoms with Crippen LogP contribution in [0.5, 0.6) is 0 Å². The number of ether oxygens (including phenoxy) is 1. The Hall–Kier alpha value is -1.21. The minimum atomic E-state index is -0.130. The van der Waals surface area contributed by atoms with Gasteiger partial charge in [0.25, 0.3) is 0 Å². The molecule has 2 amide bonds. The summed E-state index contributed by atoms with van der Waals surface area (Å²) in [6.45, 7) is 4.25. The number of urea groups is 1. The molecule has 1 saturated heterocycles. The van der Waals surface area contributed by atoms with E-state index in [1.54, 1.807) is 11.8 Å². The van der Waals surface area contributed by atoms with Gasteiger partial charge in [-0.15, -0.1) is 0 Å². The van der Waals surface area contributed by atoms with Crippen LogP contribution in [-0.2, 0) is 4.74 Å². The van der Waals surface area contributed by atoms with E-state index < -0.39 is 0 Å². The Balaban J connectivity index is 1.91. The maximum atomic E-state index is 11.7. The van der Waals surface area contributed by atoms with E-state index in [-0.39, 0.29) is 6.03 Å². The predicted octanol–water partition coefficient (Wildman–Crippen LogP) is 0.711. The molecule has 1 aromatic heterocycles. The second kappa shape index (κ2) is 4.54. The Kier molecular flexibility index (Phi) is 3.12. The number of carbonyl (C=O) groups excluding carboxylic acids is 1. The number of aromatic nitrogens is 2. The van der Waals surface area contributed by atoms with Crippen molar-refractivity contribution in [3.05, 3.63) is 5.82 Å². The first kappa shape index (κ1) is 10.3. The average Bonchev–Trinajstić information content (AvgIpc) is 2.65. The number of hydrogen-bond donors (Lipinski definition) is 1. The zero-order chi connectivity index (χ0) is 10.7. The molecule has 1 aliphatic heterocycles. The molecule has 1 N–H and O–H groups in total. The standard InChI is InChI=1S/C8H12N4O2S/c1-6-9-7(15-11-6)10-8(13)12-2-4-14-5-3-12/h2-5H2,1H3,(H,9,10,11,13). The summed E-state index contributed by atoms with van der Waals surface area (Å²) in [5, 5.41) is 3.25. The van der Waals surface area contributed by atoms with Gasteiger partial charge in [0.1, 0.15) is 5.82 Å². The molecule has 0 atom stereocenters. The van der Waals surface area contributed by atoms with Crippen LogP contribution in [0.1, 0.15) is 5.82 Å². The maximum Gasteiger partial charge on any atom is 0.323 e. The fourth-order valence-electron chi connectivity index (χ4n) is 1.28. The van der Waals surface area contributed by atoms with Gasteiger partial charge in [0.15, 0.2) is 0 Å². The van der Waals surface area contributed by atoms with Gasteiger partial charge >= 0.3 is 6.03 Å². The van der Waals surface area contributed by atoms with Gasteiger partial charge in [0, 0.05) is 24.6 Å². The van der Waals surface area contributed by atoms with Crippen LogP contribution in [0.2, 0.25) is 0 Å². The lowest BCUT2D eigenvalue weighted by molar-refractivity contribution is 0.0564. The monoisotopic (exact) mass is 228 g/mol. The third kappa shape index (κ3) is 2.63. The first-order valence-electron chi connectivity index (χ1n) is 4.70. The second-order valence-electron chi connectivity index (χ2n) is 3.18. The molecule has 0 radical (unpaired) electrons. The SMILES string of the molecule is Cc1nsc(NC(=O)N2CCOCC2)n1.